The third-order valence-corrected chi connectivity index (χ3v) is 2.51. The Hall–Kier alpha value is -0.730. The number of hydrogen-bond donors (Lipinski definition) is 1. The fourth-order valence-electron chi connectivity index (χ4n) is 1.08. The zero-order chi connectivity index (χ0) is 10.9. The van der Waals surface area contributed by atoms with Gasteiger partial charge in [-0.3, -0.25) is 4.79 Å². The Bertz CT molecular complexity index is 373. The minimum absolute atomic E-state index is 0.0793. The van der Waals surface area contributed by atoms with Gasteiger partial charge in [-0.2, -0.15) is 0 Å². The van der Waals surface area contributed by atoms with Crippen LogP contribution in [0.1, 0.15) is 22.8 Å². The number of phenolic OH excluding ortho intramolecular Hbond substituents is 1. The normalized spacial score (nSPS) is 12.6. The molecular formula is C10H10Cl2O2. The second-order valence-electron chi connectivity index (χ2n) is 3.10. The van der Waals surface area contributed by atoms with Crippen LogP contribution in [0.5, 0.6) is 5.75 Å². The average Bonchev–Trinajstić information content (AvgIpc) is 2.10. The number of phenols is 1. The summed E-state index contributed by atoms with van der Waals surface area (Å²) in [5.74, 6) is -0.407. The summed E-state index contributed by atoms with van der Waals surface area (Å²) >= 11 is 11.5. The molecule has 2 nitrogen and oxygen atoms in total. The highest BCUT2D eigenvalue weighted by Gasteiger charge is 2.17. The van der Waals surface area contributed by atoms with E-state index in [2.05, 4.69) is 0 Å². The summed E-state index contributed by atoms with van der Waals surface area (Å²) in [4.78, 5) is 11.5. The molecule has 0 aliphatic heterocycles. The molecule has 0 saturated carbocycles. The molecule has 0 heterocycles. The number of aromatic hydroxyl groups is 1. The van der Waals surface area contributed by atoms with Crippen molar-refractivity contribution >= 4 is 29.0 Å². The molecule has 1 unspecified atom stereocenters. The smallest absolute Gasteiger partial charge is 0.184 e. The van der Waals surface area contributed by atoms with Crippen molar-refractivity contribution in [1.82, 2.24) is 0 Å². The van der Waals surface area contributed by atoms with Gasteiger partial charge in [0, 0.05) is 5.02 Å². The van der Waals surface area contributed by atoms with Gasteiger partial charge in [-0.25, -0.2) is 0 Å². The van der Waals surface area contributed by atoms with Gasteiger partial charge >= 0.3 is 0 Å². The van der Waals surface area contributed by atoms with Crippen LogP contribution in [0, 0.1) is 6.92 Å². The van der Waals surface area contributed by atoms with Crippen LogP contribution in [0.25, 0.3) is 0 Å². The molecule has 1 rings (SSSR count). The molecule has 0 aliphatic carbocycles. The number of alkyl halides is 1. The average molecular weight is 233 g/mol. The van der Waals surface area contributed by atoms with E-state index in [4.69, 9.17) is 23.2 Å². The maximum atomic E-state index is 11.5. The summed E-state index contributed by atoms with van der Waals surface area (Å²) in [6, 6.07) is 2.89. The number of carbonyl (C=O) groups excluding carboxylic acids is 1. The Balaban J connectivity index is 3.22. The monoisotopic (exact) mass is 232 g/mol. The third kappa shape index (κ3) is 2.20. The maximum absolute atomic E-state index is 11.5. The van der Waals surface area contributed by atoms with E-state index in [0.717, 1.165) is 5.56 Å². The molecule has 0 aliphatic rings. The van der Waals surface area contributed by atoms with Crippen LogP contribution in [-0.2, 0) is 0 Å². The van der Waals surface area contributed by atoms with E-state index in [1.807, 2.05) is 0 Å². The molecule has 1 aromatic carbocycles. The number of ketones is 1. The number of aryl methyl sites for hydroxylation is 1. The van der Waals surface area contributed by atoms with Gasteiger partial charge in [0.2, 0.25) is 0 Å². The lowest BCUT2D eigenvalue weighted by atomic mass is 10.1. The van der Waals surface area contributed by atoms with Crippen LogP contribution >= 0.6 is 23.2 Å². The molecule has 0 bridgehead atoms. The van der Waals surface area contributed by atoms with Crippen molar-refractivity contribution in [2.45, 2.75) is 19.2 Å². The lowest BCUT2D eigenvalue weighted by Crippen LogP contribution is -2.10. The molecule has 1 N–H and O–H groups in total. The SMILES string of the molecule is Cc1cc(O)c(C(=O)C(C)Cl)cc1Cl. The van der Waals surface area contributed by atoms with Crippen LogP contribution in [0.15, 0.2) is 12.1 Å². The van der Waals surface area contributed by atoms with E-state index in [0.29, 0.717) is 5.02 Å². The quantitative estimate of drug-likeness (QED) is 0.629. The second-order valence-corrected chi connectivity index (χ2v) is 4.16. The van der Waals surface area contributed by atoms with Crippen molar-refractivity contribution in [2.24, 2.45) is 0 Å². The summed E-state index contributed by atoms with van der Waals surface area (Å²) in [7, 11) is 0. The fourth-order valence-corrected chi connectivity index (χ4v) is 1.36. The van der Waals surface area contributed by atoms with Gasteiger partial charge in [-0.1, -0.05) is 11.6 Å². The highest BCUT2D eigenvalue weighted by atomic mass is 35.5. The molecule has 0 aromatic heterocycles. The van der Waals surface area contributed by atoms with Crippen molar-refractivity contribution in [3.8, 4) is 5.75 Å². The van der Waals surface area contributed by atoms with E-state index in [1.165, 1.54) is 12.1 Å². The van der Waals surface area contributed by atoms with Crippen molar-refractivity contribution in [1.29, 1.82) is 0 Å². The Morgan fingerprint density at radius 3 is 2.57 bits per heavy atom. The Labute approximate surface area is 92.5 Å². The topological polar surface area (TPSA) is 37.3 Å². The molecule has 4 heteroatoms. The Kier molecular flexibility index (Phi) is 3.40. The van der Waals surface area contributed by atoms with Gasteiger partial charge < -0.3 is 5.11 Å². The lowest BCUT2D eigenvalue weighted by molar-refractivity contribution is 0.0989. The van der Waals surface area contributed by atoms with Gasteiger partial charge in [-0.15, -0.1) is 11.6 Å². The van der Waals surface area contributed by atoms with E-state index in [-0.39, 0.29) is 17.1 Å². The molecule has 14 heavy (non-hydrogen) atoms. The van der Waals surface area contributed by atoms with E-state index >= 15 is 0 Å². The molecular weight excluding hydrogens is 223 g/mol. The van der Waals surface area contributed by atoms with Crippen LogP contribution in [0.4, 0.5) is 0 Å². The first-order valence-corrected chi connectivity index (χ1v) is 4.92. The van der Waals surface area contributed by atoms with E-state index < -0.39 is 5.38 Å². The fraction of sp³-hybridized carbons (Fsp3) is 0.300. The van der Waals surface area contributed by atoms with Crippen molar-refractivity contribution < 1.29 is 9.90 Å². The molecule has 0 amide bonds. The number of carbonyl (C=O) groups is 1. The number of hydrogen-bond acceptors (Lipinski definition) is 2. The zero-order valence-corrected chi connectivity index (χ0v) is 9.36. The maximum Gasteiger partial charge on any atom is 0.184 e. The molecule has 1 aromatic rings. The number of halogens is 2. The molecule has 0 spiro atoms. The summed E-state index contributed by atoms with van der Waals surface area (Å²) < 4.78 is 0. The van der Waals surface area contributed by atoms with Crippen molar-refractivity contribution in [2.75, 3.05) is 0 Å². The van der Waals surface area contributed by atoms with Crippen molar-refractivity contribution in [3.63, 3.8) is 0 Å². The Morgan fingerprint density at radius 1 is 1.50 bits per heavy atom. The molecule has 76 valence electrons. The summed E-state index contributed by atoms with van der Waals surface area (Å²) in [6.45, 7) is 3.30. The summed E-state index contributed by atoms with van der Waals surface area (Å²) in [5.41, 5.74) is 0.894. The van der Waals surface area contributed by atoms with Gasteiger partial charge in [-0.05, 0) is 31.5 Å². The van der Waals surface area contributed by atoms with Crippen molar-refractivity contribution in [3.05, 3.63) is 28.3 Å². The van der Waals surface area contributed by atoms with Crippen LogP contribution in [-0.4, -0.2) is 16.3 Å². The lowest BCUT2D eigenvalue weighted by Gasteiger charge is -2.07. The number of rotatable bonds is 2. The summed E-state index contributed by atoms with van der Waals surface area (Å²) in [6.07, 6.45) is 0. The summed E-state index contributed by atoms with van der Waals surface area (Å²) in [5, 5.41) is 9.28. The van der Waals surface area contributed by atoms with E-state index in [9.17, 15) is 9.90 Å². The second kappa shape index (κ2) is 4.20. The third-order valence-electron chi connectivity index (χ3n) is 1.90. The predicted octanol–water partition coefficient (Wildman–Crippen LogP) is 3.16. The number of Topliss-reactive ketones (excluding diaryl/α,β-unsaturated/α-hetero) is 1. The molecule has 1 atom stereocenters. The number of benzene rings is 1. The zero-order valence-electron chi connectivity index (χ0n) is 7.84. The molecule has 0 saturated heterocycles. The molecule has 0 fully saturated rings. The molecule has 0 radical (unpaired) electrons. The highest BCUT2D eigenvalue weighted by molar-refractivity contribution is 6.35. The van der Waals surface area contributed by atoms with Crippen LogP contribution in [0.3, 0.4) is 0 Å². The van der Waals surface area contributed by atoms with Crippen LogP contribution < -0.4 is 0 Å². The Morgan fingerprint density at radius 2 is 2.07 bits per heavy atom. The largest absolute Gasteiger partial charge is 0.507 e. The van der Waals surface area contributed by atoms with Gasteiger partial charge in [0.15, 0.2) is 5.78 Å². The first-order valence-electron chi connectivity index (χ1n) is 4.11. The predicted molar refractivity (Wildman–Crippen MR) is 57.5 cm³/mol. The van der Waals surface area contributed by atoms with Gasteiger partial charge in [0.25, 0.3) is 0 Å². The minimum Gasteiger partial charge on any atom is -0.507 e. The first kappa shape index (κ1) is 11.3. The van der Waals surface area contributed by atoms with Gasteiger partial charge in [0.1, 0.15) is 5.75 Å². The van der Waals surface area contributed by atoms with E-state index in [1.54, 1.807) is 13.8 Å². The van der Waals surface area contributed by atoms with Gasteiger partial charge in [0.05, 0.1) is 10.9 Å². The minimum atomic E-state index is -0.667. The standard InChI is InChI=1S/C10H10Cl2O2/c1-5-3-9(13)7(4-8(5)12)10(14)6(2)11/h3-4,6,13H,1-2H3. The highest BCUT2D eigenvalue weighted by Crippen LogP contribution is 2.27. The van der Waals surface area contributed by atoms with Crippen LogP contribution in [0.2, 0.25) is 5.02 Å². The first-order chi connectivity index (χ1) is 6.43.